The van der Waals surface area contributed by atoms with Crippen LogP contribution in [-0.2, 0) is 10.0 Å². The van der Waals surface area contributed by atoms with Gasteiger partial charge in [0.05, 0.1) is 28.8 Å². The second kappa shape index (κ2) is 10.9. The van der Waals surface area contributed by atoms with E-state index in [1.54, 1.807) is 57.2 Å². The van der Waals surface area contributed by atoms with Crippen molar-refractivity contribution in [1.82, 2.24) is 9.73 Å². The number of carbonyl (C=O) groups is 1. The molecule has 1 aliphatic rings. The number of benzene rings is 3. The van der Waals surface area contributed by atoms with Crippen molar-refractivity contribution in [2.45, 2.75) is 43.8 Å². The Morgan fingerprint density at radius 2 is 1.61 bits per heavy atom. The van der Waals surface area contributed by atoms with Crippen molar-refractivity contribution in [3.63, 3.8) is 0 Å². The lowest BCUT2D eigenvalue weighted by atomic mass is 9.97. The molecule has 8 nitrogen and oxygen atoms in total. The number of carbonyl (C=O) groups excluding carboxylic acids is 1. The number of nitrogens with zero attached hydrogens (tertiary/aromatic N) is 3. The van der Waals surface area contributed by atoms with Crippen molar-refractivity contribution in [3.05, 3.63) is 72.0 Å². The highest BCUT2D eigenvalue weighted by Crippen LogP contribution is 2.35. The van der Waals surface area contributed by atoms with Crippen LogP contribution >= 0.6 is 0 Å². The molecule has 0 bridgehead atoms. The van der Waals surface area contributed by atoms with E-state index in [0.717, 1.165) is 6.07 Å². The summed E-state index contributed by atoms with van der Waals surface area (Å²) >= 11 is 0. The summed E-state index contributed by atoms with van der Waals surface area (Å²) in [6.45, 7) is 4.67. The smallest absolute Gasteiger partial charge is 0.306 e. The third kappa shape index (κ3) is 6.90. The molecular weight excluding hydrogens is 562 g/mol. The summed E-state index contributed by atoms with van der Waals surface area (Å²) in [5.74, 6) is -0.843. The zero-order chi connectivity index (χ0) is 30.2. The van der Waals surface area contributed by atoms with Crippen LogP contribution in [0.25, 0.3) is 22.3 Å². The molecular formula is C28H25F4N5O3S. The number of alkyl halides is 3. The van der Waals surface area contributed by atoms with Gasteiger partial charge in [-0.15, -0.1) is 0 Å². The third-order valence-electron chi connectivity index (χ3n) is 5.95. The molecule has 0 saturated heterocycles. The van der Waals surface area contributed by atoms with E-state index in [1.807, 2.05) is 6.07 Å². The van der Waals surface area contributed by atoms with Gasteiger partial charge in [-0.2, -0.15) is 23.5 Å². The van der Waals surface area contributed by atoms with Crippen LogP contribution in [0.2, 0.25) is 0 Å². The van der Waals surface area contributed by atoms with Crippen molar-refractivity contribution in [2.75, 3.05) is 11.9 Å². The molecule has 3 aromatic rings. The molecule has 0 fully saturated rings. The molecule has 0 radical (unpaired) electrons. The van der Waals surface area contributed by atoms with Gasteiger partial charge in [0.25, 0.3) is 0 Å². The Morgan fingerprint density at radius 3 is 2.17 bits per heavy atom. The minimum Gasteiger partial charge on any atom is -0.306 e. The van der Waals surface area contributed by atoms with E-state index in [1.165, 1.54) is 18.2 Å². The van der Waals surface area contributed by atoms with Crippen LogP contribution in [0.1, 0.15) is 32.8 Å². The van der Waals surface area contributed by atoms with Crippen LogP contribution in [0, 0.1) is 17.1 Å². The van der Waals surface area contributed by atoms with Crippen LogP contribution in [0.3, 0.4) is 0 Å². The largest absolute Gasteiger partial charge is 0.431 e. The number of anilines is 1. The first-order valence-electron chi connectivity index (χ1n) is 12.3. The average Bonchev–Trinajstić information content (AvgIpc) is 3.39. The highest BCUT2D eigenvalue weighted by molar-refractivity contribution is 7.89. The minimum atomic E-state index is -4.66. The normalized spacial score (nSPS) is 14.0. The van der Waals surface area contributed by atoms with Crippen LogP contribution in [0.15, 0.2) is 70.7 Å². The summed E-state index contributed by atoms with van der Waals surface area (Å²) in [4.78, 5) is 12.6. The van der Waals surface area contributed by atoms with E-state index < -0.39 is 45.7 Å². The van der Waals surface area contributed by atoms with Gasteiger partial charge in [0.15, 0.2) is 0 Å². The van der Waals surface area contributed by atoms with Crippen molar-refractivity contribution in [3.8, 4) is 28.3 Å². The van der Waals surface area contributed by atoms with Crippen molar-refractivity contribution < 1.29 is 30.8 Å². The average molecular weight is 588 g/mol. The lowest BCUT2D eigenvalue weighted by Crippen LogP contribution is -2.40. The number of nitriles is 1. The Labute approximate surface area is 234 Å². The molecule has 0 spiro atoms. The molecule has 0 unspecified atom stereocenters. The van der Waals surface area contributed by atoms with Crippen LogP contribution in [-0.4, -0.2) is 43.4 Å². The van der Waals surface area contributed by atoms with E-state index in [0.29, 0.717) is 21.7 Å². The second-order valence-corrected chi connectivity index (χ2v) is 12.0. The number of amides is 2. The SMILES string of the molecule is CC(C)(C)NS(=O)(=O)c1ccc(-c2ccc(-c3ccc(C#N)cc3)c(NC(=O)N3CCC(C(F)(F)F)=N3)c2)c(F)c1. The van der Waals surface area contributed by atoms with Crippen molar-refractivity contribution in [2.24, 2.45) is 5.10 Å². The van der Waals surface area contributed by atoms with Gasteiger partial charge >= 0.3 is 12.2 Å². The van der Waals surface area contributed by atoms with Gasteiger partial charge in [-0.1, -0.05) is 30.3 Å². The molecule has 13 heteroatoms. The zero-order valence-electron chi connectivity index (χ0n) is 22.2. The summed E-state index contributed by atoms with van der Waals surface area (Å²) in [5, 5.41) is 15.7. The van der Waals surface area contributed by atoms with E-state index in [4.69, 9.17) is 5.26 Å². The Balaban J connectivity index is 1.73. The number of halogens is 4. The zero-order valence-corrected chi connectivity index (χ0v) is 23.0. The number of urea groups is 1. The summed E-state index contributed by atoms with van der Waals surface area (Å²) in [6.07, 6.45) is -5.12. The third-order valence-corrected chi connectivity index (χ3v) is 7.71. The number of hydrogen-bond donors (Lipinski definition) is 2. The fourth-order valence-electron chi connectivity index (χ4n) is 4.13. The monoisotopic (exact) mass is 587 g/mol. The predicted octanol–water partition coefficient (Wildman–Crippen LogP) is 6.26. The van der Waals surface area contributed by atoms with Crippen LogP contribution in [0.4, 0.5) is 28.0 Å². The van der Waals surface area contributed by atoms with E-state index >= 15 is 4.39 Å². The molecule has 41 heavy (non-hydrogen) atoms. The Kier molecular flexibility index (Phi) is 7.93. The maximum absolute atomic E-state index is 15.3. The Bertz CT molecular complexity index is 1670. The van der Waals surface area contributed by atoms with Gasteiger partial charge in [-0.05, 0) is 62.2 Å². The molecule has 3 aromatic carbocycles. The minimum absolute atomic E-state index is 0.0279. The molecule has 1 heterocycles. The van der Waals surface area contributed by atoms with E-state index in [2.05, 4.69) is 15.1 Å². The van der Waals surface area contributed by atoms with Gasteiger partial charge < -0.3 is 5.32 Å². The van der Waals surface area contributed by atoms with Crippen LogP contribution < -0.4 is 10.0 Å². The molecule has 1 aliphatic heterocycles. The van der Waals surface area contributed by atoms with Crippen LogP contribution in [0.5, 0.6) is 0 Å². The van der Waals surface area contributed by atoms with Gasteiger partial charge in [0, 0.05) is 23.1 Å². The molecule has 214 valence electrons. The summed E-state index contributed by atoms with van der Waals surface area (Å²) < 4.78 is 82.1. The van der Waals surface area contributed by atoms with Crippen molar-refractivity contribution in [1.29, 1.82) is 5.26 Å². The second-order valence-electron chi connectivity index (χ2n) is 10.3. The molecule has 0 aliphatic carbocycles. The molecule has 0 aromatic heterocycles. The lowest BCUT2D eigenvalue weighted by Gasteiger charge is -2.20. The molecule has 0 saturated carbocycles. The molecule has 2 N–H and O–H groups in total. The lowest BCUT2D eigenvalue weighted by molar-refractivity contribution is -0.0600. The highest BCUT2D eigenvalue weighted by Gasteiger charge is 2.40. The standard InChI is InChI=1S/C28H25F4N5O3S/c1-27(2,3)36-41(39,40)20-9-11-21(23(29)15-20)19-8-10-22(18-6-4-17(16-33)5-7-18)24(14-19)34-26(38)37-13-12-25(35-37)28(30,31)32/h4-11,14-15,36H,12-13H2,1-3H3,(H,34,38). The van der Waals surface area contributed by atoms with E-state index in [-0.39, 0.29) is 28.3 Å². The highest BCUT2D eigenvalue weighted by atomic mass is 32.2. The van der Waals surface area contributed by atoms with Gasteiger partial charge in [0.1, 0.15) is 11.5 Å². The molecule has 0 atom stereocenters. The Morgan fingerprint density at radius 1 is 0.976 bits per heavy atom. The van der Waals surface area contributed by atoms with Gasteiger partial charge in [0.2, 0.25) is 10.0 Å². The maximum atomic E-state index is 15.3. The predicted molar refractivity (Wildman–Crippen MR) is 146 cm³/mol. The first-order valence-corrected chi connectivity index (χ1v) is 13.8. The van der Waals surface area contributed by atoms with Gasteiger partial charge in [-0.25, -0.2) is 27.3 Å². The Hall–Kier alpha value is -4.28. The fraction of sp³-hybridized carbons (Fsp3) is 0.250. The summed E-state index contributed by atoms with van der Waals surface area (Å²) in [7, 11) is -4.00. The number of hydrazone groups is 1. The fourth-order valence-corrected chi connectivity index (χ4v) is 5.56. The first-order chi connectivity index (χ1) is 19.1. The molecule has 2 amide bonds. The first kappa shape index (κ1) is 29.7. The topological polar surface area (TPSA) is 115 Å². The quantitative estimate of drug-likeness (QED) is 0.343. The number of sulfonamides is 1. The number of rotatable bonds is 5. The van der Waals surface area contributed by atoms with Crippen molar-refractivity contribution >= 4 is 27.5 Å². The van der Waals surface area contributed by atoms with Gasteiger partial charge in [-0.3, -0.25) is 0 Å². The number of nitrogens with one attached hydrogen (secondary N) is 2. The van der Waals surface area contributed by atoms with E-state index in [9.17, 15) is 26.4 Å². The molecule has 4 rings (SSSR count). The number of hydrogen-bond acceptors (Lipinski definition) is 5. The summed E-state index contributed by atoms with van der Waals surface area (Å²) in [5.41, 5.74) is -0.0290. The maximum Gasteiger partial charge on any atom is 0.431 e. The summed E-state index contributed by atoms with van der Waals surface area (Å²) in [6, 6.07) is 15.4.